The van der Waals surface area contributed by atoms with Crippen molar-refractivity contribution in [1.29, 1.82) is 0 Å². The van der Waals surface area contributed by atoms with E-state index in [0.29, 0.717) is 30.3 Å². The van der Waals surface area contributed by atoms with Crippen molar-refractivity contribution in [2.45, 2.75) is 6.54 Å². The normalized spacial score (nSPS) is 14.3. The molecular formula is C22H24N6O3. The summed E-state index contributed by atoms with van der Waals surface area (Å²) in [5, 5.41) is 15.0. The molecule has 160 valence electrons. The standard InChI is InChI=1S/C22H24N6O3/c1-31-19-10-6-5-9-18(19)25-21-20(28(29)30)22(24-16-23-21)27-13-11-26(12-14-27)15-17-7-3-2-4-8-17/h2-10,16H,11-15H2,1H3,(H,23,24,25). The highest BCUT2D eigenvalue weighted by atomic mass is 16.6. The number of ether oxygens (including phenoxy) is 1. The van der Waals surface area contributed by atoms with Gasteiger partial charge < -0.3 is 15.0 Å². The number of anilines is 3. The smallest absolute Gasteiger partial charge is 0.353 e. The highest BCUT2D eigenvalue weighted by Gasteiger charge is 2.29. The minimum Gasteiger partial charge on any atom is -0.495 e. The molecule has 1 aromatic heterocycles. The van der Waals surface area contributed by atoms with Crippen LogP contribution in [0.25, 0.3) is 0 Å². The van der Waals surface area contributed by atoms with Gasteiger partial charge in [0, 0.05) is 32.7 Å². The summed E-state index contributed by atoms with van der Waals surface area (Å²) in [5.41, 5.74) is 1.72. The van der Waals surface area contributed by atoms with Crippen molar-refractivity contribution in [3.63, 3.8) is 0 Å². The molecule has 0 amide bonds. The molecule has 0 saturated carbocycles. The van der Waals surface area contributed by atoms with Gasteiger partial charge in [-0.15, -0.1) is 0 Å². The number of aromatic nitrogens is 2. The second kappa shape index (κ2) is 9.40. The number of piperazine rings is 1. The minimum atomic E-state index is -0.427. The van der Waals surface area contributed by atoms with Crippen LogP contribution in [0.2, 0.25) is 0 Å². The van der Waals surface area contributed by atoms with Gasteiger partial charge in [0.2, 0.25) is 11.6 Å². The lowest BCUT2D eigenvalue weighted by Gasteiger charge is -2.35. The zero-order valence-electron chi connectivity index (χ0n) is 17.3. The molecule has 1 aliphatic rings. The van der Waals surface area contributed by atoms with Crippen LogP contribution in [0.1, 0.15) is 5.56 Å². The molecule has 9 nitrogen and oxygen atoms in total. The number of hydrogen-bond acceptors (Lipinski definition) is 8. The average molecular weight is 420 g/mol. The average Bonchev–Trinajstić information content (AvgIpc) is 2.80. The maximum absolute atomic E-state index is 12.0. The van der Waals surface area contributed by atoms with Crippen molar-refractivity contribution < 1.29 is 9.66 Å². The van der Waals surface area contributed by atoms with E-state index in [1.807, 2.05) is 35.2 Å². The van der Waals surface area contributed by atoms with Crippen LogP contribution in [0, 0.1) is 10.1 Å². The summed E-state index contributed by atoms with van der Waals surface area (Å²) < 4.78 is 5.33. The first-order chi connectivity index (χ1) is 15.2. The monoisotopic (exact) mass is 420 g/mol. The first kappa shape index (κ1) is 20.5. The highest BCUT2D eigenvalue weighted by Crippen LogP contribution is 2.36. The zero-order chi connectivity index (χ0) is 21.6. The molecule has 0 bridgehead atoms. The van der Waals surface area contributed by atoms with Gasteiger partial charge in [-0.3, -0.25) is 15.0 Å². The predicted octanol–water partition coefficient (Wildman–Crippen LogP) is 3.46. The lowest BCUT2D eigenvalue weighted by atomic mass is 10.2. The summed E-state index contributed by atoms with van der Waals surface area (Å²) in [5.74, 6) is 1.05. The molecule has 0 atom stereocenters. The van der Waals surface area contributed by atoms with E-state index < -0.39 is 4.92 Å². The Hall–Kier alpha value is -3.72. The summed E-state index contributed by atoms with van der Waals surface area (Å²) >= 11 is 0. The fraction of sp³-hybridized carbons (Fsp3) is 0.273. The van der Waals surface area contributed by atoms with Crippen molar-refractivity contribution in [3.05, 3.63) is 76.6 Å². The lowest BCUT2D eigenvalue weighted by molar-refractivity contribution is -0.383. The summed E-state index contributed by atoms with van der Waals surface area (Å²) in [4.78, 5) is 24.2. The summed E-state index contributed by atoms with van der Waals surface area (Å²) in [6.07, 6.45) is 1.36. The molecule has 3 aromatic rings. The molecule has 0 unspecified atom stereocenters. The van der Waals surface area contributed by atoms with Gasteiger partial charge in [-0.25, -0.2) is 9.97 Å². The predicted molar refractivity (Wildman–Crippen MR) is 119 cm³/mol. The van der Waals surface area contributed by atoms with Gasteiger partial charge in [0.25, 0.3) is 0 Å². The quantitative estimate of drug-likeness (QED) is 0.459. The second-order valence-electron chi connectivity index (χ2n) is 7.23. The van der Waals surface area contributed by atoms with E-state index in [4.69, 9.17) is 4.74 Å². The maximum atomic E-state index is 12.0. The van der Waals surface area contributed by atoms with Crippen molar-refractivity contribution in [1.82, 2.24) is 14.9 Å². The Morgan fingerprint density at radius 2 is 1.74 bits per heavy atom. The summed E-state index contributed by atoms with van der Waals surface area (Å²) in [6.45, 7) is 3.76. The van der Waals surface area contributed by atoms with E-state index in [2.05, 4.69) is 32.3 Å². The van der Waals surface area contributed by atoms with Crippen molar-refractivity contribution in [2.24, 2.45) is 0 Å². The van der Waals surface area contributed by atoms with Gasteiger partial charge in [0.15, 0.2) is 0 Å². The van der Waals surface area contributed by atoms with Crippen LogP contribution in [-0.2, 0) is 6.54 Å². The summed E-state index contributed by atoms with van der Waals surface area (Å²) in [6, 6.07) is 17.5. The molecule has 0 aliphatic carbocycles. The van der Waals surface area contributed by atoms with Crippen molar-refractivity contribution in [3.8, 4) is 5.75 Å². The number of para-hydroxylation sites is 2. The number of hydrogen-bond donors (Lipinski definition) is 1. The first-order valence-electron chi connectivity index (χ1n) is 10.1. The molecular weight excluding hydrogens is 396 g/mol. The van der Waals surface area contributed by atoms with E-state index in [0.717, 1.165) is 19.6 Å². The van der Waals surface area contributed by atoms with Crippen LogP contribution in [0.3, 0.4) is 0 Å². The molecule has 2 aromatic carbocycles. The Bertz CT molecular complexity index is 1040. The van der Waals surface area contributed by atoms with Crippen LogP contribution in [0.5, 0.6) is 5.75 Å². The van der Waals surface area contributed by atoms with Crippen LogP contribution in [0.15, 0.2) is 60.9 Å². The molecule has 4 rings (SSSR count). The van der Waals surface area contributed by atoms with Gasteiger partial charge in [0.1, 0.15) is 12.1 Å². The third-order valence-electron chi connectivity index (χ3n) is 5.27. The molecule has 0 spiro atoms. The number of nitrogens with zero attached hydrogens (tertiary/aromatic N) is 5. The van der Waals surface area contributed by atoms with Gasteiger partial charge in [-0.2, -0.15) is 0 Å². The number of methoxy groups -OCH3 is 1. The molecule has 0 radical (unpaired) electrons. The van der Waals surface area contributed by atoms with E-state index in [-0.39, 0.29) is 11.5 Å². The zero-order valence-corrected chi connectivity index (χ0v) is 17.3. The molecule has 1 N–H and O–H groups in total. The fourth-order valence-corrected chi connectivity index (χ4v) is 3.70. The Labute approximate surface area is 180 Å². The van der Waals surface area contributed by atoms with E-state index >= 15 is 0 Å². The third kappa shape index (κ3) is 4.72. The van der Waals surface area contributed by atoms with Gasteiger partial charge in [0.05, 0.1) is 17.7 Å². The Balaban J connectivity index is 1.52. The molecule has 1 fully saturated rings. The van der Waals surface area contributed by atoms with E-state index in [1.165, 1.54) is 11.9 Å². The van der Waals surface area contributed by atoms with E-state index in [1.54, 1.807) is 19.2 Å². The fourth-order valence-electron chi connectivity index (χ4n) is 3.70. The van der Waals surface area contributed by atoms with Crippen molar-refractivity contribution in [2.75, 3.05) is 43.5 Å². The largest absolute Gasteiger partial charge is 0.495 e. The number of benzene rings is 2. The van der Waals surface area contributed by atoms with Crippen LogP contribution in [0.4, 0.5) is 23.0 Å². The number of nitrogens with one attached hydrogen (secondary N) is 1. The van der Waals surface area contributed by atoms with Gasteiger partial charge >= 0.3 is 5.69 Å². The Morgan fingerprint density at radius 1 is 1.03 bits per heavy atom. The highest BCUT2D eigenvalue weighted by molar-refractivity contribution is 5.76. The topological polar surface area (TPSA) is 96.7 Å². The maximum Gasteiger partial charge on any atom is 0.353 e. The van der Waals surface area contributed by atoms with Crippen LogP contribution in [-0.4, -0.2) is 53.1 Å². The van der Waals surface area contributed by atoms with Crippen LogP contribution >= 0.6 is 0 Å². The van der Waals surface area contributed by atoms with E-state index in [9.17, 15) is 10.1 Å². The van der Waals surface area contributed by atoms with Crippen LogP contribution < -0.4 is 15.0 Å². The minimum absolute atomic E-state index is 0.134. The molecule has 2 heterocycles. The molecule has 1 aliphatic heterocycles. The Morgan fingerprint density at radius 3 is 2.45 bits per heavy atom. The summed E-state index contributed by atoms with van der Waals surface area (Å²) in [7, 11) is 1.55. The first-order valence-corrected chi connectivity index (χ1v) is 10.1. The molecule has 31 heavy (non-hydrogen) atoms. The van der Waals surface area contributed by atoms with Gasteiger partial charge in [-0.05, 0) is 17.7 Å². The lowest BCUT2D eigenvalue weighted by Crippen LogP contribution is -2.46. The number of rotatable bonds is 7. The molecule has 9 heteroatoms. The molecule has 1 saturated heterocycles. The SMILES string of the molecule is COc1ccccc1Nc1ncnc(N2CCN(Cc3ccccc3)CC2)c1[N+](=O)[O-]. The van der Waals surface area contributed by atoms with Gasteiger partial charge in [-0.1, -0.05) is 42.5 Å². The second-order valence-corrected chi connectivity index (χ2v) is 7.23. The third-order valence-corrected chi connectivity index (χ3v) is 5.27. The number of nitro groups is 1. The van der Waals surface area contributed by atoms with Crippen molar-refractivity contribution >= 4 is 23.0 Å². The Kier molecular flexibility index (Phi) is 6.23.